The molecule has 1 aromatic rings. The SMILES string of the molecule is CCCCCCCOc1ccccc1.COC(C)=O. The van der Waals surface area contributed by atoms with E-state index >= 15 is 0 Å². The molecule has 0 aliphatic carbocycles. The van der Waals surface area contributed by atoms with Gasteiger partial charge in [-0.1, -0.05) is 50.8 Å². The fourth-order valence-corrected chi connectivity index (χ4v) is 1.41. The highest BCUT2D eigenvalue weighted by atomic mass is 16.5. The third-order valence-corrected chi connectivity index (χ3v) is 2.55. The van der Waals surface area contributed by atoms with Crippen LogP contribution >= 0.6 is 0 Å². The maximum atomic E-state index is 9.59. The highest BCUT2D eigenvalue weighted by molar-refractivity contribution is 5.65. The number of para-hydroxylation sites is 1. The van der Waals surface area contributed by atoms with E-state index in [-0.39, 0.29) is 5.97 Å². The summed E-state index contributed by atoms with van der Waals surface area (Å²) < 4.78 is 9.70. The van der Waals surface area contributed by atoms with Gasteiger partial charge in [0.25, 0.3) is 0 Å². The number of benzene rings is 1. The number of hydrogen-bond acceptors (Lipinski definition) is 3. The Balaban J connectivity index is 0.000000555. The molecule has 0 aromatic heterocycles. The molecule has 1 rings (SSSR count). The zero-order chi connectivity index (χ0) is 14.3. The highest BCUT2D eigenvalue weighted by Gasteiger charge is 1.91. The monoisotopic (exact) mass is 266 g/mol. The zero-order valence-corrected chi connectivity index (χ0v) is 12.4. The molecule has 0 aliphatic heterocycles. The molecule has 3 heteroatoms. The summed E-state index contributed by atoms with van der Waals surface area (Å²) in [4.78, 5) is 9.59. The molecule has 0 saturated heterocycles. The van der Waals surface area contributed by atoms with Crippen LogP contribution in [0.4, 0.5) is 0 Å². The van der Waals surface area contributed by atoms with Crippen LogP contribution in [-0.4, -0.2) is 19.7 Å². The van der Waals surface area contributed by atoms with Gasteiger partial charge in [0.1, 0.15) is 5.75 Å². The molecule has 19 heavy (non-hydrogen) atoms. The molecule has 0 N–H and O–H groups in total. The fraction of sp³-hybridized carbons (Fsp3) is 0.562. The van der Waals surface area contributed by atoms with Crippen LogP contribution in [0.15, 0.2) is 30.3 Å². The van der Waals surface area contributed by atoms with Crippen LogP contribution in [0.5, 0.6) is 5.75 Å². The molecule has 0 atom stereocenters. The Kier molecular flexibility index (Phi) is 11.9. The first-order valence-corrected chi connectivity index (χ1v) is 6.93. The Hall–Kier alpha value is -1.51. The van der Waals surface area contributed by atoms with E-state index in [1.807, 2.05) is 30.3 Å². The van der Waals surface area contributed by atoms with Crippen LogP contribution in [0.3, 0.4) is 0 Å². The van der Waals surface area contributed by atoms with Gasteiger partial charge in [-0.05, 0) is 18.6 Å². The summed E-state index contributed by atoms with van der Waals surface area (Å²) in [5.41, 5.74) is 0. The van der Waals surface area contributed by atoms with Crippen molar-refractivity contribution in [3.05, 3.63) is 30.3 Å². The number of esters is 1. The number of carbonyl (C=O) groups excluding carboxylic acids is 1. The summed E-state index contributed by atoms with van der Waals surface area (Å²) >= 11 is 0. The van der Waals surface area contributed by atoms with Crippen LogP contribution in [-0.2, 0) is 9.53 Å². The molecular weight excluding hydrogens is 240 g/mol. The average Bonchev–Trinajstić information content (AvgIpc) is 2.44. The van der Waals surface area contributed by atoms with Crippen molar-refractivity contribution in [2.75, 3.05) is 13.7 Å². The lowest BCUT2D eigenvalue weighted by Gasteiger charge is -2.04. The lowest BCUT2D eigenvalue weighted by Crippen LogP contribution is -1.96. The summed E-state index contributed by atoms with van der Waals surface area (Å²) in [6.45, 7) is 4.45. The maximum Gasteiger partial charge on any atom is 0.302 e. The lowest BCUT2D eigenvalue weighted by molar-refractivity contribution is -0.137. The lowest BCUT2D eigenvalue weighted by atomic mass is 10.2. The smallest absolute Gasteiger partial charge is 0.302 e. The molecule has 108 valence electrons. The topological polar surface area (TPSA) is 35.5 Å². The van der Waals surface area contributed by atoms with Crippen LogP contribution < -0.4 is 4.74 Å². The minimum absolute atomic E-state index is 0.245. The second-order valence-electron chi connectivity index (χ2n) is 4.27. The molecule has 1 aromatic carbocycles. The predicted octanol–water partition coefficient (Wildman–Crippen LogP) is 4.22. The van der Waals surface area contributed by atoms with Gasteiger partial charge in [-0.2, -0.15) is 0 Å². The highest BCUT2D eigenvalue weighted by Crippen LogP contribution is 2.09. The van der Waals surface area contributed by atoms with Crippen LogP contribution in [0, 0.1) is 0 Å². The maximum absolute atomic E-state index is 9.59. The van der Waals surface area contributed by atoms with Gasteiger partial charge in [-0.15, -0.1) is 0 Å². The van der Waals surface area contributed by atoms with Crippen molar-refractivity contribution in [3.8, 4) is 5.75 Å². The van der Waals surface area contributed by atoms with Crippen LogP contribution in [0.1, 0.15) is 46.0 Å². The van der Waals surface area contributed by atoms with Crippen LogP contribution in [0.25, 0.3) is 0 Å². The molecule has 0 spiro atoms. The van der Waals surface area contributed by atoms with E-state index < -0.39 is 0 Å². The average molecular weight is 266 g/mol. The molecule has 0 bridgehead atoms. The number of carbonyl (C=O) groups is 1. The summed E-state index contributed by atoms with van der Waals surface area (Å²) in [7, 11) is 1.35. The summed E-state index contributed by atoms with van der Waals surface area (Å²) in [6.07, 6.45) is 6.47. The molecular formula is C16H26O3. The number of methoxy groups -OCH3 is 1. The number of rotatable bonds is 7. The van der Waals surface area contributed by atoms with Gasteiger partial charge in [-0.25, -0.2) is 0 Å². The Morgan fingerprint density at radius 2 is 1.63 bits per heavy atom. The standard InChI is InChI=1S/C13H20O.C3H6O2/c1-2-3-4-5-9-12-14-13-10-7-6-8-11-13;1-3(4)5-2/h6-8,10-11H,2-5,9,12H2,1H3;1-2H3. The molecule has 3 nitrogen and oxygen atoms in total. The first-order chi connectivity index (χ1) is 9.20. The van der Waals surface area contributed by atoms with Gasteiger partial charge in [0.05, 0.1) is 13.7 Å². The molecule has 0 heterocycles. The van der Waals surface area contributed by atoms with E-state index in [0.717, 1.165) is 12.4 Å². The second-order valence-corrected chi connectivity index (χ2v) is 4.27. The first kappa shape index (κ1) is 17.5. The van der Waals surface area contributed by atoms with E-state index in [1.54, 1.807) is 0 Å². The zero-order valence-electron chi connectivity index (χ0n) is 12.4. The Bertz CT molecular complexity index is 309. The first-order valence-electron chi connectivity index (χ1n) is 6.93. The van der Waals surface area contributed by atoms with Gasteiger partial charge in [0.15, 0.2) is 0 Å². The number of unbranched alkanes of at least 4 members (excludes halogenated alkanes) is 4. The summed E-state index contributed by atoms with van der Waals surface area (Å²) in [6, 6.07) is 10.0. The molecule has 0 saturated carbocycles. The minimum atomic E-state index is -0.245. The van der Waals surface area contributed by atoms with Crippen molar-refractivity contribution in [3.63, 3.8) is 0 Å². The quantitative estimate of drug-likeness (QED) is 0.547. The summed E-state index contributed by atoms with van der Waals surface area (Å²) in [5.74, 6) is 0.744. The van der Waals surface area contributed by atoms with Gasteiger partial charge in [-0.3, -0.25) is 4.79 Å². The predicted molar refractivity (Wildman–Crippen MR) is 78.4 cm³/mol. The van der Waals surface area contributed by atoms with Crippen LogP contribution in [0.2, 0.25) is 0 Å². The van der Waals surface area contributed by atoms with Crippen molar-refractivity contribution >= 4 is 5.97 Å². The van der Waals surface area contributed by atoms with Crippen molar-refractivity contribution in [2.24, 2.45) is 0 Å². The van der Waals surface area contributed by atoms with Gasteiger partial charge in [0, 0.05) is 6.92 Å². The Labute approximate surface area is 116 Å². The van der Waals surface area contributed by atoms with E-state index in [9.17, 15) is 4.79 Å². The fourth-order valence-electron chi connectivity index (χ4n) is 1.41. The van der Waals surface area contributed by atoms with E-state index in [1.165, 1.54) is 46.1 Å². The molecule has 0 fully saturated rings. The minimum Gasteiger partial charge on any atom is -0.494 e. The van der Waals surface area contributed by atoms with Crippen molar-refractivity contribution in [1.29, 1.82) is 0 Å². The number of ether oxygens (including phenoxy) is 2. The molecule has 0 unspecified atom stereocenters. The second kappa shape index (κ2) is 12.9. The van der Waals surface area contributed by atoms with Crippen molar-refractivity contribution in [2.45, 2.75) is 46.0 Å². The van der Waals surface area contributed by atoms with E-state index in [2.05, 4.69) is 11.7 Å². The molecule has 0 aliphatic rings. The molecule has 0 radical (unpaired) electrons. The van der Waals surface area contributed by atoms with Crippen molar-refractivity contribution in [1.82, 2.24) is 0 Å². The van der Waals surface area contributed by atoms with Gasteiger partial charge in [0.2, 0.25) is 0 Å². The Morgan fingerprint density at radius 1 is 1.05 bits per heavy atom. The van der Waals surface area contributed by atoms with Crippen molar-refractivity contribution < 1.29 is 14.3 Å². The third-order valence-electron chi connectivity index (χ3n) is 2.55. The number of hydrogen-bond donors (Lipinski definition) is 0. The van der Waals surface area contributed by atoms with E-state index in [4.69, 9.17) is 4.74 Å². The normalized spacial score (nSPS) is 9.21. The van der Waals surface area contributed by atoms with Gasteiger partial charge >= 0.3 is 5.97 Å². The Morgan fingerprint density at radius 3 is 2.16 bits per heavy atom. The van der Waals surface area contributed by atoms with Gasteiger partial charge < -0.3 is 9.47 Å². The van der Waals surface area contributed by atoms with E-state index in [0.29, 0.717) is 0 Å². The largest absolute Gasteiger partial charge is 0.494 e. The third kappa shape index (κ3) is 12.7. The molecule has 0 amide bonds. The summed E-state index contributed by atoms with van der Waals surface area (Å²) in [5, 5.41) is 0.